The third-order valence-electron chi connectivity index (χ3n) is 8.56. The molecular weight excluding hydrogens is 372 g/mol. The van der Waals surface area contributed by atoms with Gasteiger partial charge < -0.3 is 15.3 Å². The van der Waals surface area contributed by atoms with Gasteiger partial charge in [0.05, 0.1) is 17.8 Å². The minimum Gasteiger partial charge on any atom is -0.393 e. The van der Waals surface area contributed by atoms with Crippen molar-refractivity contribution in [2.24, 2.45) is 29.1 Å². The first kappa shape index (κ1) is 23.8. The summed E-state index contributed by atoms with van der Waals surface area (Å²) in [5.41, 5.74) is 2.43. The minimum absolute atomic E-state index is 0.152. The number of hydrogen-bond acceptors (Lipinski definition) is 3. The van der Waals surface area contributed by atoms with Gasteiger partial charge in [-0.2, -0.15) is 0 Å². The average molecular weight is 417 g/mol. The zero-order valence-electron chi connectivity index (χ0n) is 19.8. The molecule has 0 saturated heterocycles. The fourth-order valence-electron chi connectivity index (χ4n) is 6.39. The zero-order valence-corrected chi connectivity index (χ0v) is 19.8. The van der Waals surface area contributed by atoms with Crippen LogP contribution in [0.15, 0.2) is 35.5 Å². The van der Waals surface area contributed by atoms with E-state index in [0.717, 1.165) is 0 Å². The molecule has 0 aromatic rings. The minimum atomic E-state index is -0.674. The first-order valence-corrected chi connectivity index (χ1v) is 12.2. The van der Waals surface area contributed by atoms with Crippen LogP contribution in [0.25, 0.3) is 0 Å². The largest absolute Gasteiger partial charge is 0.393 e. The summed E-state index contributed by atoms with van der Waals surface area (Å²) in [6.07, 6.45) is 16.5. The van der Waals surface area contributed by atoms with Gasteiger partial charge in [0.2, 0.25) is 0 Å². The SMILES string of the molecule is C[C@H](C=C[C@H](C)C(C)(C)O)C1CC[C@H]2C(=CC=C3C[C@@H](O)C[C@H](O)C3)CCC[C@]12C. The van der Waals surface area contributed by atoms with Crippen molar-refractivity contribution in [2.45, 2.75) is 104 Å². The molecule has 170 valence electrons. The Balaban J connectivity index is 1.73. The fraction of sp³-hybridized carbons (Fsp3) is 0.778. The lowest BCUT2D eigenvalue weighted by Crippen LogP contribution is -2.35. The van der Waals surface area contributed by atoms with Crippen molar-refractivity contribution in [3.8, 4) is 0 Å². The van der Waals surface area contributed by atoms with Crippen molar-refractivity contribution in [3.05, 3.63) is 35.5 Å². The van der Waals surface area contributed by atoms with Gasteiger partial charge in [0, 0.05) is 5.92 Å². The van der Waals surface area contributed by atoms with E-state index < -0.39 is 17.8 Å². The summed E-state index contributed by atoms with van der Waals surface area (Å²) in [5.74, 6) is 2.00. The number of aliphatic hydroxyl groups excluding tert-OH is 2. The second kappa shape index (κ2) is 9.30. The molecule has 0 amide bonds. The van der Waals surface area contributed by atoms with E-state index >= 15 is 0 Å². The van der Waals surface area contributed by atoms with E-state index in [1.165, 1.54) is 37.7 Å². The van der Waals surface area contributed by atoms with Gasteiger partial charge >= 0.3 is 0 Å². The predicted molar refractivity (Wildman–Crippen MR) is 124 cm³/mol. The lowest BCUT2D eigenvalue weighted by atomic mass is 9.61. The molecule has 7 atom stereocenters. The van der Waals surface area contributed by atoms with Crippen LogP contribution in [0.2, 0.25) is 0 Å². The van der Waals surface area contributed by atoms with Gasteiger partial charge in [0.1, 0.15) is 0 Å². The van der Waals surface area contributed by atoms with Crippen molar-refractivity contribution in [1.82, 2.24) is 0 Å². The first-order chi connectivity index (χ1) is 14.0. The van der Waals surface area contributed by atoms with E-state index in [4.69, 9.17) is 0 Å². The van der Waals surface area contributed by atoms with Gasteiger partial charge in [0.15, 0.2) is 0 Å². The maximum Gasteiger partial charge on any atom is 0.0651 e. The third-order valence-corrected chi connectivity index (χ3v) is 8.56. The van der Waals surface area contributed by atoms with Gasteiger partial charge in [-0.05, 0) is 88.4 Å². The van der Waals surface area contributed by atoms with E-state index in [-0.39, 0.29) is 5.92 Å². The third kappa shape index (κ3) is 5.29. The van der Waals surface area contributed by atoms with Crippen LogP contribution < -0.4 is 0 Å². The van der Waals surface area contributed by atoms with Crippen LogP contribution in [0.3, 0.4) is 0 Å². The Bertz CT molecular complexity index is 671. The summed E-state index contributed by atoms with van der Waals surface area (Å²) in [6.45, 7) is 10.7. The maximum atomic E-state index is 10.2. The van der Waals surface area contributed by atoms with Gasteiger partial charge in [-0.15, -0.1) is 0 Å². The molecule has 1 unspecified atom stereocenters. The Morgan fingerprint density at radius 2 is 1.70 bits per heavy atom. The van der Waals surface area contributed by atoms with Crippen LogP contribution in [0.5, 0.6) is 0 Å². The lowest BCUT2D eigenvalue weighted by Gasteiger charge is -2.44. The number of allylic oxidation sites excluding steroid dienone is 4. The Morgan fingerprint density at radius 1 is 1.03 bits per heavy atom. The van der Waals surface area contributed by atoms with Crippen molar-refractivity contribution in [3.63, 3.8) is 0 Å². The van der Waals surface area contributed by atoms with Gasteiger partial charge in [-0.25, -0.2) is 0 Å². The molecule has 0 spiro atoms. The van der Waals surface area contributed by atoms with Crippen LogP contribution in [-0.2, 0) is 0 Å². The summed E-state index contributed by atoms with van der Waals surface area (Å²) in [6, 6.07) is 0. The van der Waals surface area contributed by atoms with E-state index in [1.807, 2.05) is 13.8 Å². The van der Waals surface area contributed by atoms with Crippen LogP contribution in [0.1, 0.15) is 86.0 Å². The number of fused-ring (bicyclic) bond motifs is 1. The molecule has 3 saturated carbocycles. The summed E-state index contributed by atoms with van der Waals surface area (Å²) < 4.78 is 0. The predicted octanol–water partition coefficient (Wildman–Crippen LogP) is 5.56. The molecule has 0 aliphatic heterocycles. The second-order valence-electron chi connectivity index (χ2n) is 11.3. The van der Waals surface area contributed by atoms with Crippen LogP contribution in [0.4, 0.5) is 0 Å². The summed E-state index contributed by atoms with van der Waals surface area (Å²) in [4.78, 5) is 0. The van der Waals surface area contributed by atoms with Crippen LogP contribution in [-0.4, -0.2) is 33.1 Å². The van der Waals surface area contributed by atoms with Crippen LogP contribution >= 0.6 is 0 Å². The van der Waals surface area contributed by atoms with Crippen LogP contribution in [0, 0.1) is 29.1 Å². The molecule has 3 heteroatoms. The molecule has 3 aliphatic rings. The Kier molecular flexibility index (Phi) is 7.37. The van der Waals surface area contributed by atoms with Crippen molar-refractivity contribution in [1.29, 1.82) is 0 Å². The Labute approximate surface area is 184 Å². The molecule has 3 nitrogen and oxygen atoms in total. The molecular formula is C27H44O3. The van der Waals surface area contributed by atoms with E-state index in [2.05, 4.69) is 45.1 Å². The molecule has 0 bridgehead atoms. The van der Waals surface area contributed by atoms with Crippen molar-refractivity contribution < 1.29 is 15.3 Å². The molecule has 3 N–H and O–H groups in total. The monoisotopic (exact) mass is 416 g/mol. The zero-order chi connectivity index (χ0) is 22.1. The highest BCUT2D eigenvalue weighted by molar-refractivity contribution is 5.26. The molecule has 30 heavy (non-hydrogen) atoms. The maximum absolute atomic E-state index is 10.2. The standard InChI is InChI=1S/C27H44O3/c1-18(8-9-19(2)26(3,4)30)24-12-13-25-21(7-6-14-27(24,25)5)11-10-20-15-22(28)17-23(29)16-20/h8-11,18-19,22-25,28-30H,6-7,12-17H2,1-5H3/t18-,19+,22-,23-,24?,25+,27-/m1/s1. The highest BCUT2D eigenvalue weighted by atomic mass is 16.3. The topological polar surface area (TPSA) is 60.7 Å². The highest BCUT2D eigenvalue weighted by Crippen LogP contribution is 2.59. The molecule has 3 fully saturated rings. The van der Waals surface area contributed by atoms with Crippen molar-refractivity contribution in [2.75, 3.05) is 0 Å². The highest BCUT2D eigenvalue weighted by Gasteiger charge is 2.50. The number of hydrogen-bond donors (Lipinski definition) is 3. The van der Waals surface area contributed by atoms with E-state index in [9.17, 15) is 15.3 Å². The molecule has 0 radical (unpaired) electrons. The molecule has 0 aromatic carbocycles. The van der Waals surface area contributed by atoms with Crippen molar-refractivity contribution >= 4 is 0 Å². The quantitative estimate of drug-likeness (QED) is 0.514. The smallest absolute Gasteiger partial charge is 0.0651 e. The number of aliphatic hydroxyl groups is 3. The lowest BCUT2D eigenvalue weighted by molar-refractivity contribution is 0.0436. The molecule has 0 aromatic heterocycles. The fourth-order valence-corrected chi connectivity index (χ4v) is 6.39. The van der Waals surface area contributed by atoms with E-state index in [0.29, 0.717) is 42.4 Å². The molecule has 3 aliphatic carbocycles. The first-order valence-electron chi connectivity index (χ1n) is 12.2. The summed E-state index contributed by atoms with van der Waals surface area (Å²) >= 11 is 0. The second-order valence-corrected chi connectivity index (χ2v) is 11.3. The van der Waals surface area contributed by atoms with E-state index in [1.54, 1.807) is 5.57 Å². The summed E-state index contributed by atoms with van der Waals surface area (Å²) in [7, 11) is 0. The van der Waals surface area contributed by atoms with Gasteiger partial charge in [-0.1, -0.05) is 56.2 Å². The van der Waals surface area contributed by atoms with Gasteiger partial charge in [0.25, 0.3) is 0 Å². The average Bonchev–Trinajstić information content (AvgIpc) is 3.00. The summed E-state index contributed by atoms with van der Waals surface area (Å²) in [5, 5.41) is 30.2. The van der Waals surface area contributed by atoms with Gasteiger partial charge in [-0.3, -0.25) is 0 Å². The molecule has 0 heterocycles. The molecule has 3 rings (SSSR count). The Hall–Kier alpha value is -0.900. The number of rotatable bonds is 5. The Morgan fingerprint density at radius 3 is 2.33 bits per heavy atom. The normalized spacial score (nSPS) is 38.7.